The van der Waals surface area contributed by atoms with Crippen molar-refractivity contribution < 1.29 is 4.74 Å². The molecule has 4 aliphatic rings. The quantitative estimate of drug-likeness (QED) is 0.352. The Morgan fingerprint density at radius 1 is 0.639 bits per heavy atom. The van der Waals surface area contributed by atoms with Crippen molar-refractivity contribution in [3.05, 3.63) is 120 Å². The summed E-state index contributed by atoms with van der Waals surface area (Å²) in [6, 6.07) is 22.0. The molecular formula is C32H26N2OS+2. The van der Waals surface area contributed by atoms with Gasteiger partial charge < -0.3 is 4.74 Å². The highest BCUT2D eigenvalue weighted by atomic mass is 32.2. The zero-order valence-electron chi connectivity index (χ0n) is 20.3. The molecule has 36 heavy (non-hydrogen) atoms. The maximum absolute atomic E-state index is 6.78. The van der Waals surface area contributed by atoms with Crippen LogP contribution in [0.2, 0.25) is 0 Å². The molecule has 0 fully saturated rings. The predicted octanol–water partition coefficient (Wildman–Crippen LogP) is 7.34. The standard InChI is InChI=1S/C32H26N2OS/c1-21-11-15-23(16-12-21)33-25-7-3-5-9-29(25)35-31-27(33)19-20-28-32(31)36-30-10-6-4-8-26(30)34(28)24-17-13-22(2)14-18-24/h3-20,29-30H,1-2H3/q+2. The highest BCUT2D eigenvalue weighted by Gasteiger charge is 2.43. The van der Waals surface area contributed by atoms with E-state index in [2.05, 4.69) is 132 Å². The van der Waals surface area contributed by atoms with E-state index in [1.54, 1.807) is 0 Å². The van der Waals surface area contributed by atoms with Gasteiger partial charge in [0.05, 0.1) is 0 Å². The minimum absolute atomic E-state index is 0.129. The van der Waals surface area contributed by atoms with Crippen LogP contribution in [0.15, 0.2) is 114 Å². The van der Waals surface area contributed by atoms with Crippen molar-refractivity contribution in [1.82, 2.24) is 9.15 Å². The summed E-state index contributed by atoms with van der Waals surface area (Å²) in [5, 5.41) is 0.221. The molecule has 2 heterocycles. The molecule has 2 atom stereocenters. The van der Waals surface area contributed by atoms with E-state index in [0.29, 0.717) is 0 Å². The van der Waals surface area contributed by atoms with Crippen molar-refractivity contribution in [2.24, 2.45) is 0 Å². The molecule has 0 bridgehead atoms. The second-order valence-electron chi connectivity index (χ2n) is 9.52. The van der Waals surface area contributed by atoms with Gasteiger partial charge in [0, 0.05) is 48.6 Å². The topological polar surface area (TPSA) is 15.2 Å². The second-order valence-corrected chi connectivity index (χ2v) is 10.7. The molecule has 0 saturated heterocycles. The van der Waals surface area contributed by atoms with Crippen molar-refractivity contribution in [3.63, 3.8) is 0 Å². The fraction of sp³-hybridized carbons (Fsp3) is 0.125. The molecule has 3 nitrogen and oxygen atoms in total. The van der Waals surface area contributed by atoms with E-state index in [1.807, 2.05) is 11.8 Å². The molecule has 0 amide bonds. The van der Waals surface area contributed by atoms with E-state index in [0.717, 1.165) is 28.5 Å². The minimum Gasteiger partial charge on any atom is -0.467 e. The lowest BCUT2D eigenvalue weighted by Gasteiger charge is -2.28. The van der Waals surface area contributed by atoms with Crippen LogP contribution in [0.5, 0.6) is 5.75 Å². The molecule has 7 rings (SSSR count). The molecule has 3 aromatic rings. The van der Waals surface area contributed by atoms with E-state index < -0.39 is 0 Å². The zero-order valence-corrected chi connectivity index (χ0v) is 21.1. The van der Waals surface area contributed by atoms with E-state index >= 15 is 0 Å². The molecule has 0 spiro atoms. The smallest absolute Gasteiger partial charge is 0.255 e. The van der Waals surface area contributed by atoms with E-state index in [1.165, 1.54) is 27.4 Å². The number of hydrogen-bond donors (Lipinski definition) is 0. The van der Waals surface area contributed by atoms with Crippen LogP contribution in [0.25, 0.3) is 0 Å². The number of ether oxygens (including phenoxy) is 1. The Hall–Kier alpha value is -3.89. The molecule has 174 valence electrons. The van der Waals surface area contributed by atoms with Crippen LogP contribution in [-0.4, -0.2) is 22.8 Å². The first-order valence-electron chi connectivity index (χ1n) is 12.3. The number of rotatable bonds is 2. The van der Waals surface area contributed by atoms with Crippen LogP contribution < -0.4 is 13.9 Å². The van der Waals surface area contributed by atoms with Gasteiger partial charge in [0.25, 0.3) is 5.69 Å². The number of allylic oxidation sites excluding steroid dienone is 5. The number of aryl methyl sites for hydroxylation is 2. The van der Waals surface area contributed by atoms with Crippen LogP contribution in [0.4, 0.5) is 22.7 Å². The summed E-state index contributed by atoms with van der Waals surface area (Å²) in [6.07, 6.45) is 17.1. The first kappa shape index (κ1) is 21.4. The Morgan fingerprint density at radius 3 is 1.92 bits per heavy atom. The van der Waals surface area contributed by atoms with Gasteiger partial charge in [-0.2, -0.15) is 9.15 Å². The Morgan fingerprint density at radius 2 is 1.22 bits per heavy atom. The SMILES string of the molecule is Cc1ccc([N+]2=C3C=CC=CC3Oc3c2ccc2c3SC3C=CC=CC3=[N+]2c2ccc(C)cc2)cc1. The summed E-state index contributed by atoms with van der Waals surface area (Å²) >= 11 is 1.88. The molecule has 0 aromatic heterocycles. The highest BCUT2D eigenvalue weighted by Crippen LogP contribution is 2.51. The van der Waals surface area contributed by atoms with Crippen molar-refractivity contribution in [2.45, 2.75) is 30.1 Å². The van der Waals surface area contributed by atoms with Crippen molar-refractivity contribution >= 4 is 45.9 Å². The predicted molar refractivity (Wildman–Crippen MR) is 152 cm³/mol. The maximum atomic E-state index is 6.78. The third kappa shape index (κ3) is 3.36. The van der Waals surface area contributed by atoms with Gasteiger partial charge in [0.1, 0.15) is 10.1 Å². The largest absolute Gasteiger partial charge is 0.467 e. The molecule has 2 aliphatic heterocycles. The normalized spacial score (nSPS) is 21.1. The molecular weight excluding hydrogens is 460 g/mol. The Labute approximate surface area is 215 Å². The van der Waals surface area contributed by atoms with Crippen molar-refractivity contribution in [2.75, 3.05) is 0 Å². The van der Waals surface area contributed by atoms with Gasteiger partial charge >= 0.3 is 0 Å². The number of thioether (sulfide) groups is 1. The third-order valence-corrected chi connectivity index (χ3v) is 8.34. The first-order valence-corrected chi connectivity index (χ1v) is 13.2. The summed E-state index contributed by atoms with van der Waals surface area (Å²) in [5.74, 6) is 0.950. The van der Waals surface area contributed by atoms with Gasteiger partial charge in [0.2, 0.25) is 40.3 Å². The number of hydrogen-bond acceptors (Lipinski definition) is 2. The second kappa shape index (κ2) is 8.35. The van der Waals surface area contributed by atoms with Crippen molar-refractivity contribution in [1.29, 1.82) is 0 Å². The van der Waals surface area contributed by atoms with Gasteiger partial charge in [-0.15, -0.1) is 0 Å². The average molecular weight is 487 g/mol. The first-order chi connectivity index (χ1) is 17.7. The fourth-order valence-electron chi connectivity index (χ4n) is 5.25. The molecule has 0 N–H and O–H groups in total. The lowest BCUT2D eigenvalue weighted by Crippen LogP contribution is -2.37. The summed E-state index contributed by atoms with van der Waals surface area (Å²) in [5.41, 5.74) is 9.48. The number of fused-ring (bicyclic) bond motifs is 5. The van der Waals surface area contributed by atoms with Crippen LogP contribution in [-0.2, 0) is 0 Å². The fourth-order valence-corrected chi connectivity index (χ4v) is 6.51. The van der Waals surface area contributed by atoms with Crippen LogP contribution in [0.1, 0.15) is 11.1 Å². The summed E-state index contributed by atoms with van der Waals surface area (Å²) in [6.45, 7) is 4.26. The van der Waals surface area contributed by atoms with Gasteiger partial charge in [-0.3, -0.25) is 0 Å². The van der Waals surface area contributed by atoms with Gasteiger partial charge in [-0.25, -0.2) is 0 Å². The summed E-state index contributed by atoms with van der Waals surface area (Å²) in [4.78, 5) is 1.18. The Balaban J connectivity index is 1.48. The Bertz CT molecular complexity index is 1460. The lowest BCUT2D eigenvalue weighted by molar-refractivity contribution is 0.296. The summed E-state index contributed by atoms with van der Waals surface area (Å²) < 4.78 is 11.5. The number of benzene rings is 3. The molecule has 0 radical (unpaired) electrons. The van der Waals surface area contributed by atoms with E-state index in [9.17, 15) is 0 Å². The Kier molecular flexibility index (Phi) is 4.96. The zero-order chi connectivity index (χ0) is 24.2. The molecule has 3 aromatic carbocycles. The van der Waals surface area contributed by atoms with E-state index in [-0.39, 0.29) is 11.4 Å². The lowest BCUT2D eigenvalue weighted by atomic mass is 10.0. The van der Waals surface area contributed by atoms with Crippen LogP contribution in [0.3, 0.4) is 0 Å². The minimum atomic E-state index is -0.129. The monoisotopic (exact) mass is 486 g/mol. The molecule has 2 aliphatic carbocycles. The molecule has 2 unspecified atom stereocenters. The molecule has 0 saturated carbocycles. The average Bonchev–Trinajstić information content (AvgIpc) is 2.92. The highest BCUT2D eigenvalue weighted by molar-refractivity contribution is 8.01. The van der Waals surface area contributed by atoms with Crippen LogP contribution in [0, 0.1) is 13.8 Å². The third-order valence-electron chi connectivity index (χ3n) is 7.05. The van der Waals surface area contributed by atoms with Gasteiger partial charge in [-0.05, 0) is 19.9 Å². The van der Waals surface area contributed by atoms with Gasteiger partial charge in [-0.1, -0.05) is 77.5 Å². The number of nitrogens with zero attached hydrogens (tertiary/aromatic N) is 2. The maximum Gasteiger partial charge on any atom is 0.255 e. The van der Waals surface area contributed by atoms with Crippen LogP contribution >= 0.6 is 11.8 Å². The molecule has 4 heteroatoms. The van der Waals surface area contributed by atoms with Crippen molar-refractivity contribution in [3.8, 4) is 5.75 Å². The van der Waals surface area contributed by atoms with Gasteiger partial charge in [0.15, 0.2) is 0 Å². The summed E-state index contributed by atoms with van der Waals surface area (Å²) in [7, 11) is 0. The van der Waals surface area contributed by atoms with E-state index in [4.69, 9.17) is 4.74 Å².